The Labute approximate surface area is 153 Å². The van der Waals surface area contributed by atoms with E-state index in [1.54, 1.807) is 18.2 Å². The SMILES string of the molecule is O=C(Nc1ccc2c(c1)OCCO2)C1CC(=O)N(c2cc(F)cc(F)c2)C1. The fourth-order valence-corrected chi connectivity index (χ4v) is 3.19. The van der Waals surface area contributed by atoms with Crippen LogP contribution in [0, 0.1) is 17.6 Å². The Bertz CT molecular complexity index is 898. The Balaban J connectivity index is 1.46. The number of nitrogens with one attached hydrogen (secondary N) is 1. The van der Waals surface area contributed by atoms with Gasteiger partial charge in [-0.1, -0.05) is 0 Å². The first-order chi connectivity index (χ1) is 13.0. The Morgan fingerprint density at radius 1 is 1.04 bits per heavy atom. The second-order valence-electron chi connectivity index (χ2n) is 6.38. The Hall–Kier alpha value is -3.16. The van der Waals surface area contributed by atoms with Gasteiger partial charge in [0.25, 0.3) is 0 Å². The van der Waals surface area contributed by atoms with Gasteiger partial charge in [0.15, 0.2) is 11.5 Å². The van der Waals surface area contributed by atoms with E-state index >= 15 is 0 Å². The van der Waals surface area contributed by atoms with Crippen LogP contribution in [0.15, 0.2) is 36.4 Å². The summed E-state index contributed by atoms with van der Waals surface area (Å²) < 4.78 is 37.7. The highest BCUT2D eigenvalue weighted by molar-refractivity contribution is 6.03. The molecule has 1 unspecified atom stereocenters. The molecule has 2 amide bonds. The van der Waals surface area contributed by atoms with Crippen molar-refractivity contribution >= 4 is 23.2 Å². The zero-order valence-electron chi connectivity index (χ0n) is 14.2. The van der Waals surface area contributed by atoms with Crippen molar-refractivity contribution in [3.63, 3.8) is 0 Å². The molecule has 27 heavy (non-hydrogen) atoms. The summed E-state index contributed by atoms with van der Waals surface area (Å²) in [5, 5.41) is 2.75. The molecule has 0 aromatic heterocycles. The molecule has 0 aliphatic carbocycles. The molecule has 0 radical (unpaired) electrons. The number of hydrogen-bond acceptors (Lipinski definition) is 4. The summed E-state index contributed by atoms with van der Waals surface area (Å²) in [7, 11) is 0. The summed E-state index contributed by atoms with van der Waals surface area (Å²) in [6.07, 6.45) is -0.0332. The monoisotopic (exact) mass is 374 g/mol. The maximum absolute atomic E-state index is 13.4. The minimum Gasteiger partial charge on any atom is -0.486 e. The van der Waals surface area contributed by atoms with E-state index in [2.05, 4.69) is 5.32 Å². The third-order valence-electron chi connectivity index (χ3n) is 4.46. The lowest BCUT2D eigenvalue weighted by Gasteiger charge is -2.19. The van der Waals surface area contributed by atoms with Crippen LogP contribution < -0.4 is 19.7 Å². The molecule has 2 aliphatic heterocycles. The normalized spacial score (nSPS) is 18.5. The minimum atomic E-state index is -0.776. The van der Waals surface area contributed by atoms with Gasteiger partial charge in [0.2, 0.25) is 11.8 Å². The van der Waals surface area contributed by atoms with Gasteiger partial charge in [-0.3, -0.25) is 9.59 Å². The molecule has 0 spiro atoms. The van der Waals surface area contributed by atoms with Crippen LogP contribution >= 0.6 is 0 Å². The van der Waals surface area contributed by atoms with E-state index in [0.717, 1.165) is 18.2 Å². The second kappa shape index (κ2) is 6.86. The molecule has 4 rings (SSSR count). The largest absolute Gasteiger partial charge is 0.486 e. The van der Waals surface area contributed by atoms with Crippen molar-refractivity contribution in [2.45, 2.75) is 6.42 Å². The molecule has 2 aromatic carbocycles. The van der Waals surface area contributed by atoms with Crippen molar-refractivity contribution in [2.75, 3.05) is 30.0 Å². The third kappa shape index (κ3) is 3.55. The Morgan fingerprint density at radius 2 is 1.74 bits per heavy atom. The van der Waals surface area contributed by atoms with Crippen molar-refractivity contribution < 1.29 is 27.8 Å². The van der Waals surface area contributed by atoms with Crippen molar-refractivity contribution in [3.8, 4) is 11.5 Å². The van der Waals surface area contributed by atoms with Gasteiger partial charge in [0.05, 0.1) is 5.92 Å². The zero-order chi connectivity index (χ0) is 19.0. The van der Waals surface area contributed by atoms with E-state index in [0.29, 0.717) is 30.4 Å². The number of anilines is 2. The lowest BCUT2D eigenvalue weighted by molar-refractivity contribution is -0.122. The number of amides is 2. The average molecular weight is 374 g/mol. The number of benzene rings is 2. The lowest BCUT2D eigenvalue weighted by atomic mass is 10.1. The number of carbonyl (C=O) groups is 2. The minimum absolute atomic E-state index is 0.0332. The number of rotatable bonds is 3. The van der Waals surface area contributed by atoms with Crippen LogP contribution in [-0.2, 0) is 9.59 Å². The van der Waals surface area contributed by atoms with Gasteiger partial charge in [0, 0.05) is 36.5 Å². The van der Waals surface area contributed by atoms with Crippen molar-refractivity contribution in [1.29, 1.82) is 0 Å². The van der Waals surface area contributed by atoms with E-state index in [-0.39, 0.29) is 30.5 Å². The fraction of sp³-hybridized carbons (Fsp3) is 0.263. The number of carbonyl (C=O) groups excluding carboxylic acids is 2. The van der Waals surface area contributed by atoms with Crippen LogP contribution in [0.2, 0.25) is 0 Å². The van der Waals surface area contributed by atoms with Crippen molar-refractivity contribution in [1.82, 2.24) is 0 Å². The molecule has 2 aliphatic rings. The number of fused-ring (bicyclic) bond motifs is 1. The van der Waals surface area contributed by atoms with Crippen LogP contribution in [0.1, 0.15) is 6.42 Å². The van der Waals surface area contributed by atoms with Gasteiger partial charge in [-0.2, -0.15) is 0 Å². The molecule has 8 heteroatoms. The topological polar surface area (TPSA) is 67.9 Å². The van der Waals surface area contributed by atoms with Crippen LogP contribution in [0.4, 0.5) is 20.2 Å². The molecular weight excluding hydrogens is 358 g/mol. The molecule has 1 N–H and O–H groups in total. The van der Waals surface area contributed by atoms with Gasteiger partial charge >= 0.3 is 0 Å². The van der Waals surface area contributed by atoms with E-state index < -0.39 is 17.6 Å². The van der Waals surface area contributed by atoms with Crippen molar-refractivity contribution in [3.05, 3.63) is 48.0 Å². The summed E-state index contributed by atoms with van der Waals surface area (Å²) in [4.78, 5) is 26.0. The predicted molar refractivity (Wildman–Crippen MR) is 92.9 cm³/mol. The maximum Gasteiger partial charge on any atom is 0.229 e. The molecule has 2 heterocycles. The van der Waals surface area contributed by atoms with Crippen LogP contribution in [0.5, 0.6) is 11.5 Å². The molecule has 0 saturated carbocycles. The first-order valence-electron chi connectivity index (χ1n) is 8.46. The lowest BCUT2D eigenvalue weighted by Crippen LogP contribution is -2.28. The summed E-state index contributed by atoms with van der Waals surface area (Å²) in [5.41, 5.74) is 0.624. The number of halogens is 2. The Morgan fingerprint density at radius 3 is 2.48 bits per heavy atom. The highest BCUT2D eigenvalue weighted by Crippen LogP contribution is 2.33. The molecular formula is C19H16F2N2O4. The fourth-order valence-electron chi connectivity index (χ4n) is 3.19. The number of hydrogen-bond donors (Lipinski definition) is 1. The van der Waals surface area contributed by atoms with Gasteiger partial charge in [-0.15, -0.1) is 0 Å². The first kappa shape index (κ1) is 17.3. The summed E-state index contributed by atoms with van der Waals surface area (Å²) in [6.45, 7) is 0.957. The predicted octanol–water partition coefficient (Wildman–Crippen LogP) is 2.73. The molecule has 1 atom stereocenters. The highest BCUT2D eigenvalue weighted by atomic mass is 19.1. The summed E-state index contributed by atoms with van der Waals surface area (Å²) in [6, 6.07) is 7.91. The van der Waals surface area contributed by atoms with Gasteiger partial charge < -0.3 is 19.7 Å². The van der Waals surface area contributed by atoms with Gasteiger partial charge in [-0.25, -0.2) is 8.78 Å². The second-order valence-corrected chi connectivity index (χ2v) is 6.38. The van der Waals surface area contributed by atoms with Gasteiger partial charge in [-0.05, 0) is 24.3 Å². The standard InChI is InChI=1S/C19H16F2N2O4/c20-12-6-13(21)8-15(7-12)23-10-11(5-18(23)24)19(25)22-14-1-2-16-17(9-14)27-4-3-26-16/h1-2,6-9,11H,3-5,10H2,(H,22,25). The highest BCUT2D eigenvalue weighted by Gasteiger charge is 2.35. The van der Waals surface area contributed by atoms with Gasteiger partial charge in [0.1, 0.15) is 24.8 Å². The van der Waals surface area contributed by atoms with E-state index in [9.17, 15) is 18.4 Å². The quantitative estimate of drug-likeness (QED) is 0.897. The Kier molecular flexibility index (Phi) is 4.39. The van der Waals surface area contributed by atoms with Crippen LogP contribution in [0.3, 0.4) is 0 Å². The van der Waals surface area contributed by atoms with E-state index in [1.807, 2.05) is 0 Å². The average Bonchev–Trinajstić information content (AvgIpc) is 3.03. The molecule has 6 nitrogen and oxygen atoms in total. The summed E-state index contributed by atoms with van der Waals surface area (Å²) in [5.74, 6) is -1.74. The number of nitrogens with zero attached hydrogens (tertiary/aromatic N) is 1. The first-order valence-corrected chi connectivity index (χ1v) is 8.46. The zero-order valence-corrected chi connectivity index (χ0v) is 14.2. The molecule has 1 saturated heterocycles. The molecule has 140 valence electrons. The smallest absolute Gasteiger partial charge is 0.229 e. The van der Waals surface area contributed by atoms with Crippen molar-refractivity contribution in [2.24, 2.45) is 5.92 Å². The molecule has 1 fully saturated rings. The summed E-state index contributed by atoms with van der Waals surface area (Å²) >= 11 is 0. The van der Waals surface area contributed by atoms with Crippen LogP contribution in [-0.4, -0.2) is 31.6 Å². The maximum atomic E-state index is 13.4. The molecule has 0 bridgehead atoms. The van der Waals surface area contributed by atoms with Crippen LogP contribution in [0.25, 0.3) is 0 Å². The third-order valence-corrected chi connectivity index (χ3v) is 4.46. The molecule has 2 aromatic rings. The number of ether oxygens (including phenoxy) is 2. The van der Waals surface area contributed by atoms with E-state index in [1.165, 1.54) is 4.90 Å². The van der Waals surface area contributed by atoms with E-state index in [4.69, 9.17) is 9.47 Å².